The molecule has 0 atom stereocenters. The lowest BCUT2D eigenvalue weighted by Crippen LogP contribution is -2.45. The number of fused-ring (bicyclic) bond motifs is 2. The van der Waals surface area contributed by atoms with Crippen molar-refractivity contribution in [2.75, 3.05) is 64.4 Å². The maximum absolute atomic E-state index is 15.9. The van der Waals surface area contributed by atoms with Crippen molar-refractivity contribution in [3.05, 3.63) is 82.4 Å². The molecule has 0 unspecified atom stereocenters. The standard InChI is InChI=1S/C31H29FN4O4/c1-33-9-11-34(12-10-33)28-24(32)18-22-27-30(28)40-26-8-7-21(20-5-3-2-4-6-20)17-25(26)36(27)19-23(29(22)37)31(38)35-13-15-39-16-14-35/h2-8,17-19H,9-16H2,1H3. The number of pyridine rings is 1. The number of hydrogen-bond acceptors (Lipinski definition) is 6. The quantitative estimate of drug-likeness (QED) is 0.343. The van der Waals surface area contributed by atoms with Crippen LogP contribution in [0.15, 0.2) is 65.6 Å². The molecule has 2 saturated heterocycles. The lowest BCUT2D eigenvalue weighted by atomic mass is 10.0. The molecule has 8 nitrogen and oxygen atoms in total. The average Bonchev–Trinajstić information content (AvgIpc) is 2.99. The molecule has 3 aromatic carbocycles. The monoisotopic (exact) mass is 540 g/mol. The SMILES string of the molecule is CN1CCN(c2c(F)cc3c(=O)c(C(=O)N4CCOCC4)cn4c3c2Oc2ccc(-c3ccccc3)cc2-4)CC1. The van der Waals surface area contributed by atoms with Gasteiger partial charge in [0.1, 0.15) is 16.8 Å². The second kappa shape index (κ2) is 9.76. The van der Waals surface area contributed by atoms with Crippen molar-refractivity contribution in [3.8, 4) is 28.3 Å². The summed E-state index contributed by atoms with van der Waals surface area (Å²) in [6.07, 6.45) is 1.60. The van der Waals surface area contributed by atoms with E-state index in [2.05, 4.69) is 4.90 Å². The van der Waals surface area contributed by atoms with Crippen molar-refractivity contribution in [3.63, 3.8) is 0 Å². The highest BCUT2D eigenvalue weighted by molar-refractivity contribution is 6.01. The Kier molecular flexibility index (Phi) is 6.05. The van der Waals surface area contributed by atoms with Gasteiger partial charge in [-0.15, -0.1) is 0 Å². The first-order chi connectivity index (χ1) is 19.5. The molecule has 0 radical (unpaired) electrons. The summed E-state index contributed by atoms with van der Waals surface area (Å²) in [6, 6.07) is 17.1. The minimum atomic E-state index is -0.531. The van der Waals surface area contributed by atoms with Gasteiger partial charge in [0.05, 0.1) is 24.3 Å². The molecule has 9 heteroatoms. The maximum Gasteiger partial charge on any atom is 0.259 e. The van der Waals surface area contributed by atoms with Crippen molar-refractivity contribution in [2.45, 2.75) is 0 Å². The van der Waals surface area contributed by atoms with Crippen LogP contribution in [0.4, 0.5) is 10.1 Å². The molecule has 7 rings (SSSR count). The zero-order valence-electron chi connectivity index (χ0n) is 22.2. The number of ether oxygens (including phenoxy) is 2. The predicted octanol–water partition coefficient (Wildman–Crippen LogP) is 4.13. The molecule has 0 spiro atoms. The Morgan fingerprint density at radius 1 is 0.900 bits per heavy atom. The smallest absolute Gasteiger partial charge is 0.259 e. The summed E-state index contributed by atoms with van der Waals surface area (Å²) in [5.41, 5.74) is 2.99. The summed E-state index contributed by atoms with van der Waals surface area (Å²) >= 11 is 0. The van der Waals surface area contributed by atoms with Crippen LogP contribution < -0.4 is 15.1 Å². The highest BCUT2D eigenvalue weighted by Gasteiger charge is 2.32. The fourth-order valence-electron chi connectivity index (χ4n) is 5.83. The van der Waals surface area contributed by atoms with Gasteiger partial charge in [0.25, 0.3) is 5.91 Å². The zero-order chi connectivity index (χ0) is 27.4. The van der Waals surface area contributed by atoms with Crippen LogP contribution in [-0.2, 0) is 4.74 Å². The van der Waals surface area contributed by atoms with Gasteiger partial charge in [0.2, 0.25) is 5.43 Å². The van der Waals surface area contributed by atoms with Gasteiger partial charge in [-0.25, -0.2) is 4.39 Å². The number of nitrogens with zero attached hydrogens (tertiary/aromatic N) is 4. The third-order valence-electron chi connectivity index (χ3n) is 8.06. The Labute approximate surface area is 230 Å². The molecule has 3 aliphatic rings. The highest BCUT2D eigenvalue weighted by Crippen LogP contribution is 2.47. The molecular formula is C31H29FN4O4. The van der Waals surface area contributed by atoms with Gasteiger partial charge in [-0.3, -0.25) is 9.59 Å². The van der Waals surface area contributed by atoms with Gasteiger partial charge >= 0.3 is 0 Å². The summed E-state index contributed by atoms with van der Waals surface area (Å²) < 4.78 is 29.6. The molecule has 0 bridgehead atoms. The third kappa shape index (κ3) is 4.04. The summed E-state index contributed by atoms with van der Waals surface area (Å²) in [7, 11) is 2.04. The number of benzene rings is 3. The molecule has 4 heterocycles. The molecule has 1 aromatic heterocycles. The van der Waals surface area contributed by atoms with E-state index in [0.717, 1.165) is 24.2 Å². The Bertz CT molecular complexity index is 1690. The van der Waals surface area contributed by atoms with Gasteiger partial charge in [-0.1, -0.05) is 36.4 Å². The number of morpholine rings is 1. The second-order valence-corrected chi connectivity index (χ2v) is 10.5. The van der Waals surface area contributed by atoms with E-state index in [9.17, 15) is 9.59 Å². The summed E-state index contributed by atoms with van der Waals surface area (Å²) in [6.45, 7) is 4.46. The number of carbonyl (C=O) groups is 1. The normalized spacial score (nSPS) is 17.1. The number of aromatic nitrogens is 1. The van der Waals surface area contributed by atoms with Gasteiger partial charge in [-0.05, 0) is 36.4 Å². The van der Waals surface area contributed by atoms with Crippen LogP contribution in [0.3, 0.4) is 0 Å². The Balaban J connectivity index is 1.47. The summed E-state index contributed by atoms with van der Waals surface area (Å²) in [5.74, 6) is -0.0720. The van der Waals surface area contributed by atoms with Crippen LogP contribution in [-0.4, -0.2) is 79.8 Å². The maximum atomic E-state index is 15.9. The van der Waals surface area contributed by atoms with E-state index in [1.54, 1.807) is 11.1 Å². The van der Waals surface area contributed by atoms with E-state index in [-0.39, 0.29) is 16.9 Å². The molecule has 40 heavy (non-hydrogen) atoms. The first kappa shape index (κ1) is 24.8. The van der Waals surface area contributed by atoms with Crippen LogP contribution in [0.5, 0.6) is 11.5 Å². The first-order valence-electron chi connectivity index (χ1n) is 13.6. The van der Waals surface area contributed by atoms with Gasteiger partial charge in [0.15, 0.2) is 17.3 Å². The van der Waals surface area contributed by atoms with Crippen LogP contribution >= 0.6 is 0 Å². The van der Waals surface area contributed by atoms with Crippen LogP contribution in [0, 0.1) is 5.82 Å². The van der Waals surface area contributed by atoms with Crippen molar-refractivity contribution in [1.82, 2.24) is 14.4 Å². The van der Waals surface area contributed by atoms with E-state index < -0.39 is 11.2 Å². The van der Waals surface area contributed by atoms with E-state index >= 15 is 4.39 Å². The molecular weight excluding hydrogens is 511 g/mol. The Hall–Kier alpha value is -4.21. The third-order valence-corrected chi connectivity index (χ3v) is 8.06. The van der Waals surface area contributed by atoms with E-state index in [1.807, 2.05) is 65.0 Å². The number of piperazine rings is 1. The first-order valence-corrected chi connectivity index (χ1v) is 13.6. The lowest BCUT2D eigenvalue weighted by molar-refractivity contribution is 0.0302. The minimum absolute atomic E-state index is 0.00469. The molecule has 4 aromatic rings. The number of hydrogen-bond donors (Lipinski definition) is 0. The lowest BCUT2D eigenvalue weighted by Gasteiger charge is -2.36. The number of carbonyl (C=O) groups excluding carboxylic acids is 1. The largest absolute Gasteiger partial charge is 0.451 e. The molecule has 1 amide bonds. The van der Waals surface area contributed by atoms with Crippen LogP contribution in [0.25, 0.3) is 27.7 Å². The van der Waals surface area contributed by atoms with Crippen LogP contribution in [0.2, 0.25) is 0 Å². The number of halogens is 1. The van der Waals surface area contributed by atoms with Crippen LogP contribution in [0.1, 0.15) is 10.4 Å². The number of anilines is 1. The van der Waals surface area contributed by atoms with E-state index in [1.165, 1.54) is 6.07 Å². The molecule has 3 aliphatic heterocycles. The van der Waals surface area contributed by atoms with E-state index in [0.29, 0.717) is 67.8 Å². The highest BCUT2D eigenvalue weighted by atomic mass is 19.1. The van der Waals surface area contributed by atoms with Gasteiger partial charge in [0, 0.05) is 45.5 Å². The summed E-state index contributed by atoms with van der Waals surface area (Å²) in [4.78, 5) is 33.2. The van der Waals surface area contributed by atoms with E-state index in [4.69, 9.17) is 9.47 Å². The number of amides is 1. The molecule has 204 valence electrons. The molecule has 0 N–H and O–H groups in total. The zero-order valence-corrected chi connectivity index (χ0v) is 22.2. The number of likely N-dealkylation sites (N-methyl/N-ethyl adjacent to an activating group) is 1. The average molecular weight is 541 g/mol. The van der Waals surface area contributed by atoms with Crippen molar-refractivity contribution in [1.29, 1.82) is 0 Å². The summed E-state index contributed by atoms with van der Waals surface area (Å²) in [5, 5.41) is 0.125. The fraction of sp³-hybridized carbons (Fsp3) is 0.290. The Morgan fingerprint density at radius 3 is 2.40 bits per heavy atom. The molecule has 0 saturated carbocycles. The Morgan fingerprint density at radius 2 is 1.65 bits per heavy atom. The minimum Gasteiger partial charge on any atom is -0.451 e. The number of rotatable bonds is 3. The fourth-order valence-corrected chi connectivity index (χ4v) is 5.83. The van der Waals surface area contributed by atoms with Gasteiger partial charge in [-0.2, -0.15) is 0 Å². The van der Waals surface area contributed by atoms with Crippen molar-refractivity contribution >= 4 is 22.5 Å². The predicted molar refractivity (Wildman–Crippen MR) is 151 cm³/mol. The van der Waals surface area contributed by atoms with Crippen molar-refractivity contribution < 1.29 is 18.7 Å². The second-order valence-electron chi connectivity index (χ2n) is 10.5. The van der Waals surface area contributed by atoms with Crippen molar-refractivity contribution in [2.24, 2.45) is 0 Å². The van der Waals surface area contributed by atoms with Gasteiger partial charge < -0.3 is 28.7 Å². The molecule has 2 fully saturated rings. The molecule has 0 aliphatic carbocycles. The topological polar surface area (TPSA) is 67.2 Å².